The van der Waals surface area contributed by atoms with Crippen LogP contribution in [-0.4, -0.2) is 57.5 Å². The first-order chi connectivity index (χ1) is 17.6. The highest BCUT2D eigenvalue weighted by molar-refractivity contribution is 6.04. The maximum atomic E-state index is 13.0. The van der Waals surface area contributed by atoms with E-state index in [-0.39, 0.29) is 5.56 Å². The van der Waals surface area contributed by atoms with Crippen LogP contribution in [0.15, 0.2) is 55.1 Å². The molecular weight excluding hydrogens is 483 g/mol. The SMILES string of the molecule is Cc1ccc(NC(=O)c2cccc(C(F)(F)F)c2)cc1/C=C/n1cnc2c(NCCN(C)C)ncnc21. The second-order valence-electron chi connectivity index (χ2n) is 8.70. The summed E-state index contributed by atoms with van der Waals surface area (Å²) in [5, 5.41) is 5.94. The Kier molecular flexibility index (Phi) is 7.53. The van der Waals surface area contributed by atoms with E-state index in [4.69, 9.17) is 0 Å². The molecule has 0 radical (unpaired) electrons. The van der Waals surface area contributed by atoms with Crippen molar-refractivity contribution in [3.8, 4) is 0 Å². The van der Waals surface area contributed by atoms with Crippen LogP contribution >= 0.6 is 0 Å². The van der Waals surface area contributed by atoms with Gasteiger partial charge in [0.05, 0.1) is 5.56 Å². The smallest absolute Gasteiger partial charge is 0.367 e. The number of likely N-dealkylation sites (N-methyl/N-ethyl adjacent to an activating group) is 1. The molecule has 0 aliphatic carbocycles. The van der Waals surface area contributed by atoms with Gasteiger partial charge in [-0.05, 0) is 68.6 Å². The van der Waals surface area contributed by atoms with Crippen LogP contribution in [0, 0.1) is 6.92 Å². The Morgan fingerprint density at radius 1 is 1.11 bits per heavy atom. The number of carbonyl (C=O) groups is 1. The first-order valence-electron chi connectivity index (χ1n) is 11.5. The number of rotatable bonds is 8. The number of aryl methyl sites for hydroxylation is 1. The summed E-state index contributed by atoms with van der Waals surface area (Å²) in [6.07, 6.45) is 2.23. The number of carbonyl (C=O) groups excluding carboxylic acids is 1. The average molecular weight is 510 g/mol. The predicted octanol–water partition coefficient (Wildman–Crippen LogP) is 5.01. The molecule has 11 heteroatoms. The first-order valence-corrected chi connectivity index (χ1v) is 11.5. The minimum atomic E-state index is -4.52. The number of halogens is 3. The summed E-state index contributed by atoms with van der Waals surface area (Å²) in [7, 11) is 3.98. The third-order valence-electron chi connectivity index (χ3n) is 5.61. The number of imidazole rings is 1. The highest BCUT2D eigenvalue weighted by Gasteiger charge is 2.30. The summed E-state index contributed by atoms with van der Waals surface area (Å²) in [4.78, 5) is 27.7. The van der Waals surface area contributed by atoms with Gasteiger partial charge in [0.15, 0.2) is 17.0 Å². The lowest BCUT2D eigenvalue weighted by atomic mass is 10.1. The molecule has 0 bridgehead atoms. The van der Waals surface area contributed by atoms with Crippen molar-refractivity contribution in [1.29, 1.82) is 0 Å². The molecule has 2 aromatic heterocycles. The highest BCUT2D eigenvalue weighted by Crippen LogP contribution is 2.30. The van der Waals surface area contributed by atoms with Gasteiger partial charge in [0.25, 0.3) is 5.91 Å². The van der Waals surface area contributed by atoms with E-state index in [0.717, 1.165) is 29.8 Å². The number of benzene rings is 2. The molecule has 37 heavy (non-hydrogen) atoms. The largest absolute Gasteiger partial charge is 0.416 e. The molecule has 1 amide bonds. The molecular formula is C26H26F3N7O. The lowest BCUT2D eigenvalue weighted by molar-refractivity contribution is -0.137. The minimum Gasteiger partial charge on any atom is -0.367 e. The molecule has 8 nitrogen and oxygen atoms in total. The van der Waals surface area contributed by atoms with Crippen molar-refractivity contribution in [2.24, 2.45) is 0 Å². The molecule has 192 valence electrons. The highest BCUT2D eigenvalue weighted by atomic mass is 19.4. The summed E-state index contributed by atoms with van der Waals surface area (Å²) in [5.74, 6) is 0.0194. The van der Waals surface area contributed by atoms with E-state index in [1.807, 2.05) is 33.2 Å². The van der Waals surface area contributed by atoms with E-state index in [1.54, 1.807) is 29.2 Å². The molecule has 2 aromatic carbocycles. The summed E-state index contributed by atoms with van der Waals surface area (Å²) in [6.45, 7) is 3.46. The van der Waals surface area contributed by atoms with Crippen molar-refractivity contribution in [3.63, 3.8) is 0 Å². The zero-order valence-electron chi connectivity index (χ0n) is 20.5. The molecule has 0 unspecified atom stereocenters. The van der Waals surface area contributed by atoms with Gasteiger partial charge in [0.1, 0.15) is 12.7 Å². The van der Waals surface area contributed by atoms with E-state index in [9.17, 15) is 18.0 Å². The van der Waals surface area contributed by atoms with E-state index in [2.05, 4.69) is 30.5 Å². The Hall–Kier alpha value is -4.25. The number of hydrogen-bond donors (Lipinski definition) is 2. The average Bonchev–Trinajstić information content (AvgIpc) is 3.27. The van der Waals surface area contributed by atoms with Crippen molar-refractivity contribution in [2.45, 2.75) is 13.1 Å². The van der Waals surface area contributed by atoms with Crippen LogP contribution < -0.4 is 10.6 Å². The number of fused-ring (bicyclic) bond motifs is 1. The number of aromatic nitrogens is 4. The fraction of sp³-hybridized carbons (Fsp3) is 0.231. The number of nitrogens with zero attached hydrogens (tertiary/aromatic N) is 5. The minimum absolute atomic E-state index is 0.0768. The van der Waals surface area contributed by atoms with Crippen molar-refractivity contribution in [3.05, 3.63) is 77.4 Å². The monoisotopic (exact) mass is 509 g/mol. The van der Waals surface area contributed by atoms with Gasteiger partial charge >= 0.3 is 6.18 Å². The summed E-state index contributed by atoms with van der Waals surface area (Å²) in [6, 6.07) is 9.59. The van der Waals surface area contributed by atoms with Gasteiger partial charge in [-0.3, -0.25) is 9.36 Å². The number of nitrogens with one attached hydrogen (secondary N) is 2. The molecule has 0 atom stereocenters. The molecule has 2 N–H and O–H groups in total. The Morgan fingerprint density at radius 3 is 2.68 bits per heavy atom. The molecule has 0 saturated carbocycles. The van der Waals surface area contributed by atoms with Crippen LogP contribution in [0.25, 0.3) is 23.4 Å². The maximum absolute atomic E-state index is 13.0. The maximum Gasteiger partial charge on any atom is 0.416 e. The van der Waals surface area contributed by atoms with Crippen LogP contribution in [0.4, 0.5) is 24.7 Å². The van der Waals surface area contributed by atoms with Crippen LogP contribution in [0.3, 0.4) is 0 Å². The fourth-order valence-electron chi connectivity index (χ4n) is 3.59. The van der Waals surface area contributed by atoms with Crippen LogP contribution in [0.5, 0.6) is 0 Å². The molecule has 0 saturated heterocycles. The Balaban J connectivity index is 1.52. The molecule has 0 aliphatic heterocycles. The quantitative estimate of drug-likeness (QED) is 0.347. The van der Waals surface area contributed by atoms with Crippen molar-refractivity contribution < 1.29 is 18.0 Å². The molecule has 0 aliphatic rings. The molecule has 4 aromatic rings. The van der Waals surface area contributed by atoms with Crippen LogP contribution in [0.2, 0.25) is 0 Å². The van der Waals surface area contributed by atoms with E-state index in [0.29, 0.717) is 29.2 Å². The summed E-state index contributed by atoms with van der Waals surface area (Å²) >= 11 is 0. The number of hydrogen-bond acceptors (Lipinski definition) is 6. The molecule has 4 rings (SSSR count). The third-order valence-corrected chi connectivity index (χ3v) is 5.61. The van der Waals surface area contributed by atoms with Gasteiger partial charge in [-0.1, -0.05) is 12.1 Å². The van der Waals surface area contributed by atoms with Crippen molar-refractivity contribution in [1.82, 2.24) is 24.4 Å². The third kappa shape index (κ3) is 6.31. The summed E-state index contributed by atoms with van der Waals surface area (Å²) in [5.41, 5.74) is 2.53. The number of alkyl halides is 3. The lowest BCUT2D eigenvalue weighted by Gasteiger charge is -2.11. The van der Waals surface area contributed by atoms with Crippen LogP contribution in [0.1, 0.15) is 27.0 Å². The predicted molar refractivity (Wildman–Crippen MR) is 138 cm³/mol. The van der Waals surface area contributed by atoms with Gasteiger partial charge in [-0.2, -0.15) is 13.2 Å². The number of amides is 1. The zero-order valence-corrected chi connectivity index (χ0v) is 20.5. The van der Waals surface area contributed by atoms with Gasteiger partial charge in [0, 0.05) is 30.5 Å². The molecule has 2 heterocycles. The standard InChI is InChI=1S/C26H26F3N7O/c1-17-7-8-21(34-25(37)19-5-4-6-20(13-19)26(27,28)29)14-18(17)9-11-36-16-33-22-23(30-10-12-35(2)3)31-15-32-24(22)36/h4-9,11,13-16H,10,12H2,1-3H3,(H,34,37)(H,30,31,32)/b11-9+. The summed E-state index contributed by atoms with van der Waals surface area (Å²) < 4.78 is 40.8. The Labute approximate surface area is 211 Å². The fourth-order valence-corrected chi connectivity index (χ4v) is 3.59. The molecule has 0 fully saturated rings. The Morgan fingerprint density at radius 2 is 1.92 bits per heavy atom. The van der Waals surface area contributed by atoms with E-state index in [1.165, 1.54) is 18.5 Å². The zero-order chi connectivity index (χ0) is 26.6. The van der Waals surface area contributed by atoms with E-state index < -0.39 is 17.6 Å². The van der Waals surface area contributed by atoms with Gasteiger partial charge in [-0.25, -0.2) is 15.0 Å². The van der Waals surface area contributed by atoms with Gasteiger partial charge in [0.2, 0.25) is 0 Å². The first kappa shape index (κ1) is 25.8. The van der Waals surface area contributed by atoms with Gasteiger partial charge < -0.3 is 15.5 Å². The number of anilines is 2. The van der Waals surface area contributed by atoms with Crippen LogP contribution in [-0.2, 0) is 6.18 Å². The van der Waals surface area contributed by atoms with Gasteiger partial charge in [-0.15, -0.1) is 0 Å². The second-order valence-corrected chi connectivity index (χ2v) is 8.70. The second kappa shape index (κ2) is 10.8. The topological polar surface area (TPSA) is 88.0 Å². The van der Waals surface area contributed by atoms with Crippen molar-refractivity contribution >= 4 is 40.9 Å². The van der Waals surface area contributed by atoms with Crippen molar-refractivity contribution in [2.75, 3.05) is 37.8 Å². The molecule has 0 spiro atoms. The van der Waals surface area contributed by atoms with E-state index >= 15 is 0 Å². The lowest BCUT2D eigenvalue weighted by Crippen LogP contribution is -2.21. The normalized spacial score (nSPS) is 12.0. The Bertz CT molecular complexity index is 1440.